The van der Waals surface area contributed by atoms with Gasteiger partial charge in [0.2, 0.25) is 5.91 Å². The number of carbonyl (C=O) groups excluding carboxylic acids is 1. The van der Waals surface area contributed by atoms with Gasteiger partial charge in [-0.1, -0.05) is 48.0 Å². The van der Waals surface area contributed by atoms with Crippen LogP contribution in [0.25, 0.3) is 0 Å². The Morgan fingerprint density at radius 3 is 2.63 bits per heavy atom. The maximum absolute atomic E-state index is 12.7. The van der Waals surface area contributed by atoms with Gasteiger partial charge in [0.25, 0.3) is 0 Å². The third-order valence-electron chi connectivity index (χ3n) is 6.43. The molecule has 4 heteroatoms. The van der Waals surface area contributed by atoms with E-state index < -0.39 is 0 Å². The van der Waals surface area contributed by atoms with Crippen molar-refractivity contribution in [1.29, 1.82) is 0 Å². The van der Waals surface area contributed by atoms with E-state index in [0.717, 1.165) is 55.9 Å². The summed E-state index contributed by atoms with van der Waals surface area (Å²) in [5.41, 5.74) is 4.19. The number of aryl methyl sites for hydroxylation is 1. The molecule has 2 heterocycles. The Kier molecular flexibility index (Phi) is 5.25. The quantitative estimate of drug-likeness (QED) is 0.791. The Bertz CT molecular complexity index is 827. The van der Waals surface area contributed by atoms with Gasteiger partial charge in [0.1, 0.15) is 0 Å². The number of rotatable bonds is 3. The van der Waals surface area contributed by atoms with E-state index >= 15 is 0 Å². The highest BCUT2D eigenvalue weighted by Gasteiger charge is 2.43. The lowest BCUT2D eigenvalue weighted by atomic mass is 9.74. The summed E-state index contributed by atoms with van der Waals surface area (Å²) in [5.74, 6) is 0.261. The van der Waals surface area contributed by atoms with Gasteiger partial charge >= 0.3 is 0 Å². The average molecular weight is 383 g/mol. The number of carbonyl (C=O) groups is 1. The summed E-state index contributed by atoms with van der Waals surface area (Å²) in [7, 11) is 2.24. The molecule has 2 aromatic carbocycles. The molecule has 142 valence electrons. The zero-order chi connectivity index (χ0) is 18.9. The van der Waals surface area contributed by atoms with E-state index in [0.29, 0.717) is 6.42 Å². The fourth-order valence-corrected chi connectivity index (χ4v) is 4.99. The number of piperidine rings is 1. The van der Waals surface area contributed by atoms with Gasteiger partial charge < -0.3 is 4.90 Å². The fourth-order valence-electron chi connectivity index (χ4n) is 4.78. The van der Waals surface area contributed by atoms with Crippen LogP contribution in [0.5, 0.6) is 0 Å². The molecule has 0 aliphatic carbocycles. The van der Waals surface area contributed by atoms with E-state index in [1.54, 1.807) is 0 Å². The fraction of sp³-hybridized carbons (Fsp3) is 0.435. The summed E-state index contributed by atoms with van der Waals surface area (Å²) in [6.07, 6.45) is 4.47. The highest BCUT2D eigenvalue weighted by molar-refractivity contribution is 6.30. The van der Waals surface area contributed by atoms with E-state index in [4.69, 9.17) is 11.6 Å². The second kappa shape index (κ2) is 7.65. The van der Waals surface area contributed by atoms with E-state index in [2.05, 4.69) is 41.1 Å². The second-order valence-corrected chi connectivity index (χ2v) is 8.31. The number of hydrogen-bond donors (Lipinski definition) is 0. The van der Waals surface area contributed by atoms with Crippen LogP contribution in [-0.4, -0.2) is 42.4 Å². The lowest BCUT2D eigenvalue weighted by Gasteiger charge is -2.51. The number of likely N-dealkylation sites (N-methyl/N-ethyl adjacent to an activating group) is 1. The molecule has 2 aliphatic heterocycles. The minimum Gasteiger partial charge on any atom is -0.343 e. The van der Waals surface area contributed by atoms with Crippen LogP contribution in [0.15, 0.2) is 48.5 Å². The van der Waals surface area contributed by atoms with Gasteiger partial charge in [0, 0.05) is 36.6 Å². The van der Waals surface area contributed by atoms with Crippen molar-refractivity contribution in [3.05, 3.63) is 70.2 Å². The summed E-state index contributed by atoms with van der Waals surface area (Å²) < 4.78 is 0. The van der Waals surface area contributed by atoms with E-state index in [1.165, 1.54) is 11.1 Å². The van der Waals surface area contributed by atoms with Crippen LogP contribution < -0.4 is 0 Å². The minimum atomic E-state index is 0.0958. The normalized spacial score (nSPS) is 19.1. The SMILES string of the molecule is CN1CCc2ccccc2C12CCN(C(=O)CCc1cccc(Cl)c1)CC2. The largest absolute Gasteiger partial charge is 0.343 e. The molecule has 3 nitrogen and oxygen atoms in total. The van der Waals surface area contributed by atoms with E-state index in [1.807, 2.05) is 24.3 Å². The topological polar surface area (TPSA) is 23.6 Å². The van der Waals surface area contributed by atoms with Gasteiger partial charge in [-0.2, -0.15) is 0 Å². The zero-order valence-electron chi connectivity index (χ0n) is 16.0. The first kappa shape index (κ1) is 18.5. The van der Waals surface area contributed by atoms with Crippen LogP contribution in [0.3, 0.4) is 0 Å². The maximum Gasteiger partial charge on any atom is 0.222 e. The number of fused-ring (bicyclic) bond motifs is 2. The zero-order valence-corrected chi connectivity index (χ0v) is 16.7. The van der Waals surface area contributed by atoms with Crippen molar-refractivity contribution in [2.45, 2.75) is 37.6 Å². The summed E-state index contributed by atoms with van der Waals surface area (Å²) >= 11 is 6.05. The summed E-state index contributed by atoms with van der Waals surface area (Å²) in [6.45, 7) is 2.78. The minimum absolute atomic E-state index is 0.0958. The maximum atomic E-state index is 12.7. The Morgan fingerprint density at radius 2 is 1.85 bits per heavy atom. The Labute approximate surface area is 166 Å². The Morgan fingerprint density at radius 1 is 1.07 bits per heavy atom. The predicted octanol–water partition coefficient (Wildman–Crippen LogP) is 4.28. The van der Waals surface area contributed by atoms with Gasteiger partial charge in [-0.25, -0.2) is 0 Å². The van der Waals surface area contributed by atoms with E-state index in [-0.39, 0.29) is 11.4 Å². The summed E-state index contributed by atoms with van der Waals surface area (Å²) in [4.78, 5) is 17.3. The molecule has 1 amide bonds. The Hall–Kier alpha value is -1.84. The molecule has 0 bridgehead atoms. The lowest BCUT2D eigenvalue weighted by Crippen LogP contribution is -2.55. The molecule has 0 aromatic heterocycles. The van der Waals surface area contributed by atoms with Gasteiger partial charge in [-0.15, -0.1) is 0 Å². The van der Waals surface area contributed by atoms with Gasteiger partial charge in [0.15, 0.2) is 0 Å². The molecule has 2 aliphatic rings. The monoisotopic (exact) mass is 382 g/mol. The van der Waals surface area contributed by atoms with E-state index in [9.17, 15) is 4.79 Å². The van der Waals surface area contributed by atoms with Crippen LogP contribution in [0, 0.1) is 0 Å². The number of likely N-dealkylation sites (tertiary alicyclic amines) is 1. The molecular formula is C23H27ClN2O. The molecule has 1 saturated heterocycles. The first-order valence-electron chi connectivity index (χ1n) is 9.90. The van der Waals surface area contributed by atoms with Crippen LogP contribution in [0.1, 0.15) is 36.0 Å². The van der Waals surface area contributed by atoms with Crippen LogP contribution in [-0.2, 0) is 23.2 Å². The standard InChI is InChI=1S/C23H27ClN2O/c1-25-14-11-19-6-2-3-8-21(19)23(25)12-15-26(16-13-23)22(27)10-9-18-5-4-7-20(24)17-18/h2-8,17H,9-16H2,1H3. The summed E-state index contributed by atoms with van der Waals surface area (Å²) in [6, 6.07) is 16.7. The van der Waals surface area contributed by atoms with Crippen molar-refractivity contribution in [3.8, 4) is 0 Å². The van der Waals surface area contributed by atoms with Crippen LogP contribution >= 0.6 is 11.6 Å². The number of amides is 1. The van der Waals surface area contributed by atoms with Crippen molar-refractivity contribution >= 4 is 17.5 Å². The highest BCUT2D eigenvalue weighted by atomic mass is 35.5. The molecule has 2 aromatic rings. The average Bonchev–Trinajstić information content (AvgIpc) is 2.70. The predicted molar refractivity (Wildman–Crippen MR) is 110 cm³/mol. The molecular weight excluding hydrogens is 356 g/mol. The van der Waals surface area contributed by atoms with Crippen LogP contribution in [0.4, 0.5) is 0 Å². The molecule has 27 heavy (non-hydrogen) atoms. The van der Waals surface area contributed by atoms with Crippen molar-refractivity contribution in [2.24, 2.45) is 0 Å². The molecule has 0 saturated carbocycles. The molecule has 1 spiro atoms. The van der Waals surface area contributed by atoms with Crippen molar-refractivity contribution in [3.63, 3.8) is 0 Å². The number of benzene rings is 2. The molecule has 0 unspecified atom stereocenters. The first-order chi connectivity index (χ1) is 13.1. The number of hydrogen-bond acceptors (Lipinski definition) is 2. The molecule has 0 atom stereocenters. The lowest BCUT2D eigenvalue weighted by molar-refractivity contribution is -0.134. The molecule has 0 radical (unpaired) electrons. The second-order valence-electron chi connectivity index (χ2n) is 7.87. The van der Waals surface area contributed by atoms with Crippen molar-refractivity contribution in [2.75, 3.05) is 26.7 Å². The molecule has 4 rings (SSSR count). The third kappa shape index (κ3) is 3.63. The van der Waals surface area contributed by atoms with Crippen LogP contribution in [0.2, 0.25) is 5.02 Å². The molecule has 1 fully saturated rings. The summed E-state index contributed by atoms with van der Waals surface area (Å²) in [5, 5.41) is 0.735. The van der Waals surface area contributed by atoms with Gasteiger partial charge in [0.05, 0.1) is 0 Å². The van der Waals surface area contributed by atoms with Gasteiger partial charge in [-0.3, -0.25) is 9.69 Å². The highest BCUT2D eigenvalue weighted by Crippen LogP contribution is 2.42. The molecule has 0 N–H and O–H groups in total. The number of halogens is 1. The number of nitrogens with zero attached hydrogens (tertiary/aromatic N) is 2. The first-order valence-corrected chi connectivity index (χ1v) is 10.3. The smallest absolute Gasteiger partial charge is 0.222 e. The van der Waals surface area contributed by atoms with Gasteiger partial charge in [-0.05, 0) is 61.6 Å². The Balaban J connectivity index is 1.41. The van der Waals surface area contributed by atoms with Crippen molar-refractivity contribution < 1.29 is 4.79 Å². The van der Waals surface area contributed by atoms with Crippen molar-refractivity contribution in [1.82, 2.24) is 9.80 Å². The third-order valence-corrected chi connectivity index (χ3v) is 6.66.